The summed E-state index contributed by atoms with van der Waals surface area (Å²) in [4.78, 5) is 9.97. The van der Waals surface area contributed by atoms with Crippen LogP contribution in [0.5, 0.6) is 0 Å². The number of nitro benzene ring substituents is 1. The molecule has 0 aliphatic heterocycles. The van der Waals surface area contributed by atoms with Crippen molar-refractivity contribution < 1.29 is 13.3 Å². The monoisotopic (exact) mass is 309 g/mol. The van der Waals surface area contributed by atoms with Crippen molar-refractivity contribution in [3.8, 4) is 11.3 Å². The quantitative estimate of drug-likeness (QED) is 0.638. The van der Waals surface area contributed by atoms with Crippen molar-refractivity contribution >= 4 is 15.5 Å². The highest BCUT2D eigenvalue weighted by atomic mass is 32.2. The number of aryl methyl sites for hydroxylation is 1. The van der Waals surface area contributed by atoms with Crippen LogP contribution in [0.1, 0.15) is 11.3 Å². The van der Waals surface area contributed by atoms with Gasteiger partial charge >= 0.3 is 0 Å². The van der Waals surface area contributed by atoms with Crippen LogP contribution in [0.2, 0.25) is 0 Å². The Bertz CT molecular complexity index is 837. The molecule has 0 saturated heterocycles. The standard InChI is InChI=1S/C13H15N3O4S/c1-8-9(2)15(3)14-13(8)10-5-6-11(16(17)18)12(7-10)21(4,19)20/h5-7H,1-4H3. The first-order valence-corrected chi connectivity index (χ1v) is 8.01. The fraction of sp³-hybridized carbons (Fsp3) is 0.308. The highest BCUT2D eigenvalue weighted by molar-refractivity contribution is 7.90. The van der Waals surface area contributed by atoms with Gasteiger partial charge in [-0.2, -0.15) is 5.10 Å². The molecule has 0 saturated carbocycles. The zero-order valence-electron chi connectivity index (χ0n) is 12.1. The molecule has 0 amide bonds. The first-order valence-electron chi connectivity index (χ1n) is 6.12. The largest absolute Gasteiger partial charge is 0.288 e. The summed E-state index contributed by atoms with van der Waals surface area (Å²) in [5.74, 6) is 0. The molecule has 0 radical (unpaired) electrons. The Kier molecular flexibility index (Phi) is 3.58. The van der Waals surface area contributed by atoms with Gasteiger partial charge in [-0.3, -0.25) is 14.8 Å². The molecule has 2 aromatic rings. The molecule has 0 atom stereocenters. The smallest absolute Gasteiger partial charge is 0.272 e. The van der Waals surface area contributed by atoms with E-state index in [1.54, 1.807) is 11.7 Å². The van der Waals surface area contributed by atoms with E-state index >= 15 is 0 Å². The minimum atomic E-state index is -3.70. The first-order chi connectivity index (χ1) is 9.62. The van der Waals surface area contributed by atoms with E-state index in [0.717, 1.165) is 17.5 Å². The van der Waals surface area contributed by atoms with Crippen molar-refractivity contribution in [3.05, 3.63) is 39.6 Å². The molecule has 1 aromatic heterocycles. The molecule has 1 aromatic carbocycles. The number of nitrogens with zero attached hydrogens (tertiary/aromatic N) is 3. The Balaban J connectivity index is 2.73. The number of rotatable bonds is 3. The van der Waals surface area contributed by atoms with Crippen molar-refractivity contribution in [2.75, 3.05) is 6.26 Å². The van der Waals surface area contributed by atoms with Crippen LogP contribution in [-0.2, 0) is 16.9 Å². The number of sulfone groups is 1. The maximum absolute atomic E-state index is 11.8. The summed E-state index contributed by atoms with van der Waals surface area (Å²) >= 11 is 0. The third kappa shape index (κ3) is 2.66. The lowest BCUT2D eigenvalue weighted by Gasteiger charge is -2.04. The minimum Gasteiger partial charge on any atom is -0.272 e. The molecular formula is C13H15N3O4S. The van der Waals surface area contributed by atoms with Gasteiger partial charge in [-0.1, -0.05) is 0 Å². The third-order valence-corrected chi connectivity index (χ3v) is 4.59. The lowest BCUT2D eigenvalue weighted by molar-refractivity contribution is -0.387. The highest BCUT2D eigenvalue weighted by Crippen LogP contribution is 2.31. The number of aromatic nitrogens is 2. The van der Waals surface area contributed by atoms with Gasteiger partial charge in [0.2, 0.25) is 0 Å². The number of hydrogen-bond acceptors (Lipinski definition) is 5. The molecule has 1 heterocycles. The average molecular weight is 309 g/mol. The van der Waals surface area contributed by atoms with E-state index in [2.05, 4.69) is 5.10 Å². The van der Waals surface area contributed by atoms with Crippen LogP contribution < -0.4 is 0 Å². The summed E-state index contributed by atoms with van der Waals surface area (Å²) in [6.45, 7) is 3.77. The lowest BCUT2D eigenvalue weighted by atomic mass is 10.1. The van der Waals surface area contributed by atoms with Crippen molar-refractivity contribution in [1.82, 2.24) is 9.78 Å². The van der Waals surface area contributed by atoms with Crippen molar-refractivity contribution in [2.24, 2.45) is 7.05 Å². The molecule has 0 bridgehead atoms. The summed E-state index contributed by atoms with van der Waals surface area (Å²) in [5, 5.41) is 15.3. The topological polar surface area (TPSA) is 95.1 Å². The van der Waals surface area contributed by atoms with Gasteiger partial charge in [0, 0.05) is 30.6 Å². The Morgan fingerprint density at radius 2 is 1.90 bits per heavy atom. The van der Waals surface area contributed by atoms with Crippen molar-refractivity contribution in [3.63, 3.8) is 0 Å². The highest BCUT2D eigenvalue weighted by Gasteiger charge is 2.24. The summed E-state index contributed by atoms with van der Waals surface area (Å²) in [6, 6.07) is 4.03. The van der Waals surface area contributed by atoms with Gasteiger partial charge < -0.3 is 0 Å². The van der Waals surface area contributed by atoms with Crippen LogP contribution in [0.3, 0.4) is 0 Å². The fourth-order valence-corrected chi connectivity index (χ4v) is 2.96. The predicted octanol–water partition coefficient (Wildman–Crippen LogP) is 2.02. The number of hydrogen-bond donors (Lipinski definition) is 0. The second kappa shape index (κ2) is 4.96. The van der Waals surface area contributed by atoms with Gasteiger partial charge in [-0.05, 0) is 31.5 Å². The fourth-order valence-electron chi connectivity index (χ4n) is 2.10. The van der Waals surface area contributed by atoms with Crippen LogP contribution in [0.4, 0.5) is 5.69 Å². The SMILES string of the molecule is Cc1c(-c2ccc([N+](=O)[O-])c(S(C)(=O)=O)c2)nn(C)c1C. The van der Waals surface area contributed by atoms with Crippen LogP contribution in [-0.4, -0.2) is 29.4 Å². The van der Waals surface area contributed by atoms with E-state index in [1.807, 2.05) is 13.8 Å². The maximum atomic E-state index is 11.8. The molecule has 21 heavy (non-hydrogen) atoms. The Morgan fingerprint density at radius 1 is 1.29 bits per heavy atom. The van der Waals surface area contributed by atoms with E-state index in [4.69, 9.17) is 0 Å². The van der Waals surface area contributed by atoms with Gasteiger partial charge in [0.25, 0.3) is 5.69 Å². The summed E-state index contributed by atoms with van der Waals surface area (Å²) in [7, 11) is -1.92. The van der Waals surface area contributed by atoms with Crippen LogP contribution >= 0.6 is 0 Å². The zero-order chi connectivity index (χ0) is 15.9. The van der Waals surface area contributed by atoms with Gasteiger partial charge in [-0.15, -0.1) is 0 Å². The van der Waals surface area contributed by atoms with Crippen molar-refractivity contribution in [1.29, 1.82) is 0 Å². The number of benzene rings is 1. The van der Waals surface area contributed by atoms with Gasteiger partial charge in [0.05, 0.1) is 10.6 Å². The van der Waals surface area contributed by atoms with E-state index in [9.17, 15) is 18.5 Å². The van der Waals surface area contributed by atoms with Crippen LogP contribution in [0.25, 0.3) is 11.3 Å². The molecule has 0 aliphatic carbocycles. The third-order valence-electron chi connectivity index (χ3n) is 3.46. The Labute approximate surface area is 122 Å². The molecular weight excluding hydrogens is 294 g/mol. The molecule has 0 N–H and O–H groups in total. The summed E-state index contributed by atoms with van der Waals surface area (Å²) in [5.41, 5.74) is 2.60. The van der Waals surface area contributed by atoms with E-state index < -0.39 is 20.4 Å². The molecule has 0 unspecified atom stereocenters. The maximum Gasteiger partial charge on any atom is 0.288 e. The zero-order valence-corrected chi connectivity index (χ0v) is 12.9. The summed E-state index contributed by atoms with van der Waals surface area (Å²) < 4.78 is 25.2. The molecule has 0 aliphatic rings. The minimum absolute atomic E-state index is 0.298. The molecule has 112 valence electrons. The average Bonchev–Trinajstić information content (AvgIpc) is 2.65. The first kappa shape index (κ1) is 15.2. The second-order valence-corrected chi connectivity index (χ2v) is 6.88. The molecule has 8 heteroatoms. The van der Waals surface area contributed by atoms with Gasteiger partial charge in [-0.25, -0.2) is 8.42 Å². The van der Waals surface area contributed by atoms with Crippen molar-refractivity contribution in [2.45, 2.75) is 18.7 Å². The second-order valence-electron chi connectivity index (χ2n) is 4.89. The van der Waals surface area contributed by atoms with E-state index in [1.165, 1.54) is 18.2 Å². The molecule has 0 spiro atoms. The van der Waals surface area contributed by atoms with Crippen LogP contribution in [0, 0.1) is 24.0 Å². The van der Waals surface area contributed by atoms with Gasteiger partial charge in [0.1, 0.15) is 4.90 Å². The van der Waals surface area contributed by atoms with Crippen LogP contribution in [0.15, 0.2) is 23.1 Å². The normalized spacial score (nSPS) is 11.6. The molecule has 0 fully saturated rings. The molecule has 7 nitrogen and oxygen atoms in total. The summed E-state index contributed by atoms with van der Waals surface area (Å²) in [6.07, 6.45) is 0.954. The molecule has 2 rings (SSSR count). The Hall–Kier alpha value is -2.22. The van der Waals surface area contributed by atoms with E-state index in [-0.39, 0.29) is 4.90 Å². The lowest BCUT2D eigenvalue weighted by Crippen LogP contribution is -2.03. The number of nitro groups is 1. The Morgan fingerprint density at radius 3 is 2.33 bits per heavy atom. The van der Waals surface area contributed by atoms with Gasteiger partial charge in [0.15, 0.2) is 9.84 Å². The van der Waals surface area contributed by atoms with E-state index in [0.29, 0.717) is 11.3 Å². The predicted molar refractivity (Wildman–Crippen MR) is 77.9 cm³/mol.